The van der Waals surface area contributed by atoms with Crippen LogP contribution in [-0.2, 0) is 11.3 Å². The second-order valence-corrected chi connectivity index (χ2v) is 3.73. The fourth-order valence-corrected chi connectivity index (χ4v) is 1.38. The van der Waals surface area contributed by atoms with E-state index < -0.39 is 0 Å². The highest BCUT2D eigenvalue weighted by Gasteiger charge is 2.08. The molecule has 1 amide bonds. The average Bonchev–Trinajstić information content (AvgIpc) is 2.67. The maximum absolute atomic E-state index is 11.5. The Hall–Kier alpha value is -1.46. The zero-order chi connectivity index (χ0) is 11.8. The third-order valence-electron chi connectivity index (χ3n) is 2.23. The van der Waals surface area contributed by atoms with E-state index in [-0.39, 0.29) is 5.91 Å². The number of hydrogen-bond acceptors (Lipinski definition) is 4. The van der Waals surface area contributed by atoms with E-state index in [0.717, 1.165) is 32.2 Å². The molecule has 6 nitrogen and oxygen atoms in total. The molecule has 0 aliphatic heterocycles. The van der Waals surface area contributed by atoms with Gasteiger partial charge in [0.2, 0.25) is 11.9 Å². The Bertz CT molecular complexity index is 323. The summed E-state index contributed by atoms with van der Waals surface area (Å²) in [5.74, 6) is 0.434. The lowest BCUT2D eigenvalue weighted by molar-refractivity contribution is -0.116. The maximum Gasteiger partial charge on any atom is 0.249 e. The highest BCUT2D eigenvalue weighted by Crippen LogP contribution is 2.04. The van der Waals surface area contributed by atoms with Crippen LogP contribution in [0.25, 0.3) is 0 Å². The molecule has 1 heterocycles. The van der Waals surface area contributed by atoms with Crippen molar-refractivity contribution in [2.75, 3.05) is 5.32 Å². The van der Waals surface area contributed by atoms with Gasteiger partial charge >= 0.3 is 0 Å². The van der Waals surface area contributed by atoms with E-state index in [9.17, 15) is 4.79 Å². The molecule has 1 aromatic heterocycles. The molecule has 0 radical (unpaired) electrons. The molecule has 0 fully saturated rings. The van der Waals surface area contributed by atoms with Crippen LogP contribution >= 0.6 is 0 Å². The molecule has 0 saturated heterocycles. The third kappa shape index (κ3) is 3.96. The minimum Gasteiger partial charge on any atom is -0.293 e. The summed E-state index contributed by atoms with van der Waals surface area (Å²) in [6, 6.07) is 0. The van der Waals surface area contributed by atoms with Crippen LogP contribution in [0.4, 0.5) is 5.95 Å². The summed E-state index contributed by atoms with van der Waals surface area (Å²) < 4.78 is 1.61. The SMILES string of the molecule is CCCCCC(=O)Nc1nnnn1CCC. The van der Waals surface area contributed by atoms with Gasteiger partial charge in [-0.25, -0.2) is 4.68 Å². The normalized spacial score (nSPS) is 10.4. The summed E-state index contributed by atoms with van der Waals surface area (Å²) in [4.78, 5) is 11.5. The first-order valence-corrected chi connectivity index (χ1v) is 5.84. The van der Waals surface area contributed by atoms with Gasteiger partial charge in [0.1, 0.15) is 0 Å². The van der Waals surface area contributed by atoms with Crippen molar-refractivity contribution in [1.82, 2.24) is 20.2 Å². The van der Waals surface area contributed by atoms with Crippen LogP contribution in [0.1, 0.15) is 46.0 Å². The number of unbranched alkanes of at least 4 members (excludes halogenated alkanes) is 2. The van der Waals surface area contributed by atoms with Crippen LogP contribution in [0, 0.1) is 0 Å². The lowest BCUT2D eigenvalue weighted by Crippen LogP contribution is -2.16. The topological polar surface area (TPSA) is 72.7 Å². The molecule has 90 valence electrons. The van der Waals surface area contributed by atoms with Crippen molar-refractivity contribution in [3.63, 3.8) is 0 Å². The molecule has 6 heteroatoms. The molecular formula is C10H19N5O. The smallest absolute Gasteiger partial charge is 0.249 e. The van der Waals surface area contributed by atoms with Gasteiger partial charge in [-0.3, -0.25) is 10.1 Å². The van der Waals surface area contributed by atoms with Crippen LogP contribution in [0.3, 0.4) is 0 Å². The van der Waals surface area contributed by atoms with Crippen molar-refractivity contribution < 1.29 is 4.79 Å². The standard InChI is InChI=1S/C10H19N5O/c1-3-5-6-7-9(16)11-10-12-13-14-15(10)8-4-2/h3-8H2,1-2H3,(H,11,12,14,16). The van der Waals surface area contributed by atoms with Crippen LogP contribution in [0.5, 0.6) is 0 Å². The summed E-state index contributed by atoms with van der Waals surface area (Å²) >= 11 is 0. The van der Waals surface area contributed by atoms with Gasteiger partial charge in [-0.1, -0.05) is 31.8 Å². The fourth-order valence-electron chi connectivity index (χ4n) is 1.38. The van der Waals surface area contributed by atoms with E-state index in [1.807, 2.05) is 6.92 Å². The van der Waals surface area contributed by atoms with E-state index in [1.54, 1.807) is 4.68 Å². The number of tetrazole rings is 1. The van der Waals surface area contributed by atoms with E-state index >= 15 is 0 Å². The van der Waals surface area contributed by atoms with Gasteiger partial charge < -0.3 is 0 Å². The average molecular weight is 225 g/mol. The lowest BCUT2D eigenvalue weighted by Gasteiger charge is -2.04. The van der Waals surface area contributed by atoms with Crippen molar-refractivity contribution in [2.45, 2.75) is 52.5 Å². The highest BCUT2D eigenvalue weighted by molar-refractivity contribution is 5.88. The van der Waals surface area contributed by atoms with Crippen molar-refractivity contribution in [2.24, 2.45) is 0 Å². The summed E-state index contributed by atoms with van der Waals surface area (Å²) in [5, 5.41) is 13.8. The molecular weight excluding hydrogens is 206 g/mol. The number of amides is 1. The van der Waals surface area contributed by atoms with E-state index in [0.29, 0.717) is 12.4 Å². The number of carbonyl (C=O) groups excluding carboxylic acids is 1. The van der Waals surface area contributed by atoms with Crippen molar-refractivity contribution in [3.05, 3.63) is 0 Å². The second-order valence-electron chi connectivity index (χ2n) is 3.73. The second kappa shape index (κ2) is 6.92. The Morgan fingerprint density at radius 2 is 2.12 bits per heavy atom. The largest absolute Gasteiger partial charge is 0.293 e. The number of aromatic nitrogens is 4. The van der Waals surface area contributed by atoms with Crippen molar-refractivity contribution in [3.8, 4) is 0 Å². The quantitative estimate of drug-likeness (QED) is 0.715. The minimum absolute atomic E-state index is 0.0133. The van der Waals surface area contributed by atoms with Crippen molar-refractivity contribution >= 4 is 11.9 Å². The highest BCUT2D eigenvalue weighted by atomic mass is 16.1. The van der Waals surface area contributed by atoms with Crippen LogP contribution in [0.15, 0.2) is 0 Å². The summed E-state index contributed by atoms with van der Waals surface area (Å²) in [6.45, 7) is 4.87. The Morgan fingerprint density at radius 1 is 1.31 bits per heavy atom. The number of aryl methyl sites for hydroxylation is 1. The van der Waals surface area contributed by atoms with E-state index in [2.05, 4.69) is 27.8 Å². The molecule has 0 unspecified atom stereocenters. The van der Waals surface area contributed by atoms with Crippen LogP contribution < -0.4 is 5.32 Å². The minimum atomic E-state index is -0.0133. The first kappa shape index (κ1) is 12.6. The Labute approximate surface area is 95.4 Å². The summed E-state index contributed by atoms with van der Waals surface area (Å²) in [6.07, 6.45) is 4.57. The molecule has 0 atom stereocenters. The fraction of sp³-hybridized carbons (Fsp3) is 0.800. The van der Waals surface area contributed by atoms with Gasteiger partial charge in [-0.05, 0) is 23.3 Å². The molecule has 0 aliphatic rings. The number of rotatable bonds is 7. The van der Waals surface area contributed by atoms with Gasteiger partial charge in [-0.15, -0.1) is 0 Å². The summed E-state index contributed by atoms with van der Waals surface area (Å²) in [7, 11) is 0. The molecule has 16 heavy (non-hydrogen) atoms. The van der Waals surface area contributed by atoms with Crippen molar-refractivity contribution in [1.29, 1.82) is 0 Å². The van der Waals surface area contributed by atoms with Crippen LogP contribution in [-0.4, -0.2) is 26.1 Å². The first-order valence-electron chi connectivity index (χ1n) is 5.84. The first-order chi connectivity index (χ1) is 7.77. The molecule has 1 rings (SSSR count). The predicted molar refractivity (Wildman–Crippen MR) is 60.9 cm³/mol. The van der Waals surface area contributed by atoms with Gasteiger partial charge in [-0.2, -0.15) is 0 Å². The molecule has 1 aromatic rings. The van der Waals surface area contributed by atoms with Gasteiger partial charge in [0.05, 0.1) is 0 Å². The number of anilines is 1. The Balaban J connectivity index is 2.39. The predicted octanol–water partition coefficient (Wildman–Crippen LogP) is 1.60. The number of nitrogens with zero attached hydrogens (tertiary/aromatic N) is 4. The molecule has 0 saturated carbocycles. The zero-order valence-electron chi connectivity index (χ0n) is 9.94. The lowest BCUT2D eigenvalue weighted by atomic mass is 10.2. The zero-order valence-corrected chi connectivity index (χ0v) is 9.94. The van der Waals surface area contributed by atoms with E-state index in [4.69, 9.17) is 0 Å². The molecule has 0 aromatic carbocycles. The third-order valence-corrected chi connectivity index (χ3v) is 2.23. The maximum atomic E-state index is 11.5. The van der Waals surface area contributed by atoms with E-state index in [1.165, 1.54) is 0 Å². The molecule has 0 aliphatic carbocycles. The molecule has 0 bridgehead atoms. The van der Waals surface area contributed by atoms with Gasteiger partial charge in [0.15, 0.2) is 0 Å². The van der Waals surface area contributed by atoms with Crippen LogP contribution in [0.2, 0.25) is 0 Å². The number of nitrogens with one attached hydrogen (secondary N) is 1. The molecule has 0 spiro atoms. The Morgan fingerprint density at radius 3 is 2.81 bits per heavy atom. The summed E-state index contributed by atoms with van der Waals surface area (Å²) in [5.41, 5.74) is 0. The number of hydrogen-bond donors (Lipinski definition) is 1. The molecule has 1 N–H and O–H groups in total. The van der Waals surface area contributed by atoms with Gasteiger partial charge in [0, 0.05) is 13.0 Å². The van der Waals surface area contributed by atoms with Gasteiger partial charge in [0.25, 0.3) is 0 Å². The monoisotopic (exact) mass is 225 g/mol. The Kier molecular flexibility index (Phi) is 5.45. The number of carbonyl (C=O) groups is 1.